The Morgan fingerprint density at radius 2 is 1.66 bits per heavy atom. The highest BCUT2D eigenvalue weighted by atomic mass is 16.7. The van der Waals surface area contributed by atoms with Gasteiger partial charge in [0.25, 0.3) is 5.79 Å². The van der Waals surface area contributed by atoms with Crippen molar-refractivity contribution in [3.05, 3.63) is 44.0 Å². The van der Waals surface area contributed by atoms with Gasteiger partial charge < -0.3 is 54.8 Å². The molecule has 68 heavy (non-hydrogen) atoms. The van der Waals surface area contributed by atoms with Gasteiger partial charge in [-0.2, -0.15) is 0 Å². The quantitative estimate of drug-likeness (QED) is 0.0993. The average molecular weight is 950 g/mol. The first kappa shape index (κ1) is 50.6. The van der Waals surface area contributed by atoms with E-state index < -0.39 is 87.9 Å². The Hall–Kier alpha value is -5.28. The number of nitrogens with one attached hydrogen (secondary N) is 1. The second-order valence-corrected chi connectivity index (χ2v) is 19.7. The number of aromatic nitrogens is 2. The normalized spacial score (nSPS) is 30.4. The second-order valence-electron chi connectivity index (χ2n) is 19.7. The van der Waals surface area contributed by atoms with Gasteiger partial charge >= 0.3 is 11.8 Å². The number of carbonyl (C=O) groups is 3. The van der Waals surface area contributed by atoms with Gasteiger partial charge in [0.1, 0.15) is 46.7 Å². The van der Waals surface area contributed by atoms with Crippen LogP contribution >= 0.6 is 0 Å². The van der Waals surface area contributed by atoms with Crippen molar-refractivity contribution in [1.29, 1.82) is 0 Å². The zero-order valence-electron chi connectivity index (χ0n) is 40.7. The van der Waals surface area contributed by atoms with Crippen molar-refractivity contribution < 1.29 is 58.7 Å². The number of aryl methyl sites for hydroxylation is 1. The van der Waals surface area contributed by atoms with E-state index in [1.165, 1.54) is 27.2 Å². The molecule has 7 rings (SSSR count). The minimum Gasteiger partial charge on any atom is -0.507 e. The molecule has 4 bridgehead atoms. The molecule has 1 amide bonds. The topological polar surface area (TPSA) is 270 Å². The molecule has 4 aliphatic rings. The molecule has 0 unspecified atom stereocenters. The fraction of sp³-hybridized carbons (Fsp3) is 0.667. The molecule has 1 aromatic heterocycles. The van der Waals surface area contributed by atoms with Crippen molar-refractivity contribution in [2.75, 3.05) is 38.7 Å². The summed E-state index contributed by atoms with van der Waals surface area (Å²) in [5, 5.41) is 62.5. The first-order valence-corrected chi connectivity index (χ1v) is 23.7. The number of likely N-dealkylation sites (tertiary alicyclic amines) is 1. The number of aromatic hydroxyl groups is 2. The van der Waals surface area contributed by atoms with Crippen LogP contribution in [-0.2, 0) is 30.3 Å². The van der Waals surface area contributed by atoms with Crippen LogP contribution < -0.4 is 20.8 Å². The maximum atomic E-state index is 14.9. The number of amides is 1. The monoisotopic (exact) mass is 949 g/mol. The first-order chi connectivity index (χ1) is 32.0. The molecule has 20 heteroatoms. The van der Waals surface area contributed by atoms with E-state index in [1.807, 2.05) is 13.8 Å². The number of aliphatic hydroxyl groups is 2. The number of fused-ring (bicyclic) bond motifs is 1. The number of aliphatic hydroxyl groups excluding tert-OH is 2. The highest BCUT2D eigenvalue weighted by Crippen LogP contribution is 2.51. The number of carbonyl (C=O) groups excluding carboxylic acids is 3. The molecule has 2 aromatic carbocycles. The standard InChI is InChI=1S/C48H67N7O13/c1-23-12-11-13-24(2)46(62)50-38-37-36(51-48(52-37)15-17-53(18-16-48)19-20-54-29(7)49-22-32(54)55(63)64)33-34(42(38)60)41(59)28(6)44-35(33)45(61)47(9,68-44)66-21-14-31(65-10)25(3)43(67-30(8)56)27(5)40(58)26(4)39(23)57/h22-27,31,39-40,43,51,57-60H,11-21H2,1-10H3/t23-,24+,25+,26+,27+,31-,39-,40+,43+,47-/m0/s1. The minimum atomic E-state index is -1.91. The lowest BCUT2D eigenvalue weighted by Gasteiger charge is -2.39. The van der Waals surface area contributed by atoms with E-state index in [4.69, 9.17) is 23.9 Å². The Bertz CT molecular complexity index is 2590. The van der Waals surface area contributed by atoms with E-state index in [0.717, 1.165) is 0 Å². The predicted molar refractivity (Wildman–Crippen MR) is 247 cm³/mol. The van der Waals surface area contributed by atoms with Gasteiger partial charge in [-0.1, -0.05) is 41.0 Å². The first-order valence-electron chi connectivity index (χ1n) is 23.7. The number of phenols is 2. The third kappa shape index (κ3) is 9.28. The molecular formula is C48H67N7O13. The number of phenolic OH excluding ortho intramolecular Hbond substituents is 2. The molecule has 1 saturated heterocycles. The number of nitro groups is 1. The van der Waals surface area contributed by atoms with Gasteiger partial charge in [0, 0.05) is 95.0 Å². The van der Waals surface area contributed by atoms with Gasteiger partial charge in [-0.05, 0) is 37.0 Å². The lowest BCUT2D eigenvalue weighted by Crippen LogP contribution is -2.47. The van der Waals surface area contributed by atoms with Crippen molar-refractivity contribution in [2.24, 2.45) is 39.6 Å². The Kier molecular flexibility index (Phi) is 14.6. The molecule has 0 saturated carbocycles. The van der Waals surface area contributed by atoms with Crippen LogP contribution in [0.4, 0.5) is 11.5 Å². The number of Topliss-reactive ketones (excluding diaryl/α,β-unsaturated/α-hetero) is 1. The largest absolute Gasteiger partial charge is 0.507 e. The smallest absolute Gasteiger partial charge is 0.342 e. The lowest BCUT2D eigenvalue weighted by molar-refractivity contribution is -0.392. The summed E-state index contributed by atoms with van der Waals surface area (Å²) in [7, 11) is 1.51. The number of methoxy groups -OCH3 is 1. The minimum absolute atomic E-state index is 0.0411. The molecule has 5 heterocycles. The number of ether oxygens (including phenoxy) is 4. The van der Waals surface area contributed by atoms with E-state index in [1.54, 1.807) is 39.2 Å². The van der Waals surface area contributed by atoms with E-state index >= 15 is 0 Å². The number of piperidine rings is 1. The molecule has 3 aromatic rings. The number of anilines is 1. The molecule has 1 spiro atoms. The van der Waals surface area contributed by atoms with Gasteiger partial charge in [-0.15, -0.1) is 0 Å². The number of benzene rings is 2. The molecule has 0 aliphatic carbocycles. The average Bonchev–Trinajstić information content (AvgIpc) is 3.95. The number of rotatable bonds is 6. The van der Waals surface area contributed by atoms with Crippen LogP contribution in [0.5, 0.6) is 17.2 Å². The molecule has 5 N–H and O–H groups in total. The van der Waals surface area contributed by atoms with Crippen LogP contribution in [0.1, 0.15) is 109 Å². The third-order valence-corrected chi connectivity index (χ3v) is 15.1. The SMILES string of the molecule is CO[C@H]1CCO[C@@]2(C)Oc3c(C)c(O)c4c(O)c(c5c(c4c3C2=O)NC2(CCN(CCn3c([N+](=O)[O-])cnc3C)CC2)N=5)=NC(=O)[C@H](C)CCC[C@H](C)[C@H](O)[C@@H](C)[C@@H](O)[C@@H](C)[C@H](OC(C)=O)[C@@H]1C. The molecule has 10 atom stereocenters. The number of esters is 1. The van der Waals surface area contributed by atoms with Gasteiger partial charge in [0.05, 0.1) is 41.6 Å². The fourth-order valence-corrected chi connectivity index (χ4v) is 10.7. The summed E-state index contributed by atoms with van der Waals surface area (Å²) in [4.78, 5) is 68.6. The second kappa shape index (κ2) is 19.6. The maximum absolute atomic E-state index is 14.9. The van der Waals surface area contributed by atoms with Gasteiger partial charge in [0.2, 0.25) is 11.7 Å². The summed E-state index contributed by atoms with van der Waals surface area (Å²) in [6.45, 7) is 16.8. The summed E-state index contributed by atoms with van der Waals surface area (Å²) in [6, 6.07) is 0. The number of hydrogen-bond acceptors (Lipinski definition) is 17. The van der Waals surface area contributed by atoms with Crippen LogP contribution in [0.3, 0.4) is 0 Å². The van der Waals surface area contributed by atoms with Crippen LogP contribution in [0.25, 0.3) is 10.8 Å². The molecule has 0 radical (unpaired) electrons. The van der Waals surface area contributed by atoms with Gasteiger partial charge in [0.15, 0.2) is 11.6 Å². The van der Waals surface area contributed by atoms with Crippen molar-refractivity contribution in [2.45, 2.75) is 143 Å². The summed E-state index contributed by atoms with van der Waals surface area (Å²) >= 11 is 0. The zero-order chi connectivity index (χ0) is 49.7. The van der Waals surface area contributed by atoms with Crippen LogP contribution in [-0.4, -0.2) is 127 Å². The van der Waals surface area contributed by atoms with E-state index in [-0.39, 0.29) is 74.6 Å². The fourth-order valence-electron chi connectivity index (χ4n) is 10.7. The Balaban J connectivity index is 1.29. The summed E-state index contributed by atoms with van der Waals surface area (Å²) in [5.74, 6) is -6.68. The molecule has 372 valence electrons. The van der Waals surface area contributed by atoms with Gasteiger partial charge in [-0.3, -0.25) is 24.3 Å². The molecule has 4 aliphatic heterocycles. The maximum Gasteiger partial charge on any atom is 0.342 e. The summed E-state index contributed by atoms with van der Waals surface area (Å²) in [6.07, 6.45) is 0.291. The zero-order valence-corrected chi connectivity index (χ0v) is 40.7. The van der Waals surface area contributed by atoms with E-state index in [2.05, 4.69) is 20.2 Å². The number of hydrogen-bond donors (Lipinski definition) is 5. The van der Waals surface area contributed by atoms with Gasteiger partial charge in [-0.25, -0.2) is 14.5 Å². The lowest BCUT2D eigenvalue weighted by atomic mass is 9.77. The van der Waals surface area contributed by atoms with Crippen LogP contribution in [0.2, 0.25) is 0 Å². The van der Waals surface area contributed by atoms with E-state index in [9.17, 15) is 44.9 Å². The Labute approximate surface area is 394 Å². The predicted octanol–water partition coefficient (Wildman–Crippen LogP) is 4.39. The molecular weight excluding hydrogens is 883 g/mol. The third-order valence-electron chi connectivity index (χ3n) is 15.1. The Morgan fingerprint density at radius 1 is 0.971 bits per heavy atom. The summed E-state index contributed by atoms with van der Waals surface area (Å²) < 4.78 is 26.0. The van der Waals surface area contributed by atoms with Crippen molar-refractivity contribution in [3.63, 3.8) is 0 Å². The highest BCUT2D eigenvalue weighted by Gasteiger charge is 2.50. The highest BCUT2D eigenvalue weighted by molar-refractivity contribution is 6.21. The van der Waals surface area contributed by atoms with Crippen LogP contribution in [0, 0.1) is 53.6 Å². The van der Waals surface area contributed by atoms with E-state index in [0.29, 0.717) is 64.1 Å². The molecule has 20 nitrogen and oxygen atoms in total. The summed E-state index contributed by atoms with van der Waals surface area (Å²) in [5.41, 5.74) is -0.504. The Morgan fingerprint density at radius 3 is 2.31 bits per heavy atom. The van der Waals surface area contributed by atoms with Crippen molar-refractivity contribution >= 4 is 39.9 Å². The molecule has 1 fully saturated rings. The van der Waals surface area contributed by atoms with Crippen molar-refractivity contribution in [1.82, 2.24) is 14.5 Å². The number of nitrogens with zero attached hydrogens (tertiary/aromatic N) is 6. The number of ketones is 1. The number of imidazole rings is 1. The van der Waals surface area contributed by atoms with Crippen LogP contribution in [0.15, 0.2) is 16.2 Å². The van der Waals surface area contributed by atoms with Crippen molar-refractivity contribution in [3.8, 4) is 17.2 Å².